The molecule has 2 aromatic carbocycles. The van der Waals surface area contributed by atoms with E-state index in [4.69, 9.17) is 0 Å². The number of aromatic nitrogens is 4. The first-order valence-electron chi connectivity index (χ1n) is 5.72. The summed E-state index contributed by atoms with van der Waals surface area (Å²) >= 11 is 1.64. The Labute approximate surface area is 125 Å². The Morgan fingerprint density at radius 2 is 1.05 bits per heavy atom. The molecule has 0 amide bonds. The molecule has 3 aromatic rings. The molecule has 1 aromatic heterocycles. The van der Waals surface area contributed by atoms with E-state index in [0.29, 0.717) is 11.6 Å². The van der Waals surface area contributed by atoms with Gasteiger partial charge >= 0.3 is 126 Å². The van der Waals surface area contributed by atoms with Crippen molar-refractivity contribution >= 4 is 3.27 Å². The van der Waals surface area contributed by atoms with Gasteiger partial charge in [0.05, 0.1) is 0 Å². The molecular formula is C14H9AtN4. The average Bonchev–Trinajstić information content (AvgIpc) is 2.49. The van der Waals surface area contributed by atoms with Gasteiger partial charge in [-0.05, 0) is 0 Å². The van der Waals surface area contributed by atoms with Gasteiger partial charge in [0, 0.05) is 0 Å². The molecule has 5 heteroatoms. The standard InChI is InChI=1S/C14H9AtN4/c15-12-8-6-11(7-9-12)14-18-16-13(17-19-14)10-4-2-1-3-5-10/h1-9H/i15+1. The quantitative estimate of drug-likeness (QED) is 0.605. The summed E-state index contributed by atoms with van der Waals surface area (Å²) in [5, 5.41) is 16.5. The molecule has 0 unspecified atom stereocenters. The minimum atomic E-state index is 0.541. The van der Waals surface area contributed by atoms with Crippen molar-refractivity contribution in [2.75, 3.05) is 0 Å². The summed E-state index contributed by atoms with van der Waals surface area (Å²) in [6, 6.07) is 17.8. The van der Waals surface area contributed by atoms with Gasteiger partial charge in [0.15, 0.2) is 0 Å². The molecule has 0 aliphatic rings. The van der Waals surface area contributed by atoms with Crippen LogP contribution in [0.1, 0.15) is 0 Å². The molecule has 0 bridgehead atoms. The van der Waals surface area contributed by atoms with E-state index in [9.17, 15) is 0 Å². The Hall–Kier alpha value is -1.74. The first-order chi connectivity index (χ1) is 9.33. The Kier molecular flexibility index (Phi) is 3.56. The Morgan fingerprint density at radius 1 is 0.579 bits per heavy atom. The monoisotopic (exact) mass is 444 g/mol. The van der Waals surface area contributed by atoms with Crippen LogP contribution in [0.5, 0.6) is 0 Å². The van der Waals surface area contributed by atoms with Crippen molar-refractivity contribution in [3.05, 3.63) is 54.6 Å². The number of hydrogen-bond acceptors (Lipinski definition) is 4. The molecule has 0 radical (unpaired) electrons. The number of nitrogens with zero attached hydrogens (tertiary/aromatic N) is 4. The van der Waals surface area contributed by atoms with Crippen LogP contribution >= 0.6 is 0 Å². The Morgan fingerprint density at radius 3 is 1.58 bits per heavy atom. The van der Waals surface area contributed by atoms with E-state index >= 15 is 0 Å². The van der Waals surface area contributed by atoms with E-state index < -0.39 is 0 Å². The molecule has 0 saturated carbocycles. The van der Waals surface area contributed by atoms with Crippen molar-refractivity contribution in [3.63, 3.8) is 0 Å². The van der Waals surface area contributed by atoms with Crippen LogP contribution in [0.25, 0.3) is 22.8 Å². The third-order valence-corrected chi connectivity index (χ3v) is 3.59. The van der Waals surface area contributed by atoms with Crippen molar-refractivity contribution in [1.29, 1.82) is 0 Å². The van der Waals surface area contributed by atoms with E-state index in [1.165, 1.54) is 3.27 Å². The molecule has 92 valence electrons. The molecule has 1 heterocycles. The second kappa shape index (κ2) is 5.49. The number of hydrogen-bond donors (Lipinski definition) is 0. The molecule has 0 atom stereocenters. The molecule has 0 fully saturated rings. The van der Waals surface area contributed by atoms with Crippen molar-refractivity contribution in [1.82, 2.24) is 20.4 Å². The van der Waals surface area contributed by atoms with Crippen LogP contribution in [0.4, 0.5) is 0 Å². The summed E-state index contributed by atoms with van der Waals surface area (Å²) in [5.41, 5.74) is 1.85. The maximum absolute atomic E-state index is 4.14. The van der Waals surface area contributed by atoms with Crippen molar-refractivity contribution in [3.8, 4) is 22.8 Å². The SMILES string of the molecule is [211At]c1ccc(-c2nnc(-c3ccccc3)nn2)cc1. The van der Waals surface area contributed by atoms with Gasteiger partial charge in [-0.1, -0.05) is 0 Å². The fourth-order valence-corrected chi connectivity index (χ4v) is 2.14. The molecule has 19 heavy (non-hydrogen) atoms. The van der Waals surface area contributed by atoms with Crippen LogP contribution in [0.15, 0.2) is 54.6 Å². The van der Waals surface area contributed by atoms with E-state index in [-0.39, 0.29) is 0 Å². The first kappa shape index (κ1) is 12.3. The fraction of sp³-hybridized carbons (Fsp3) is 0. The average molecular weight is 444 g/mol. The zero-order valence-electron chi connectivity index (χ0n) is 9.86. The van der Waals surface area contributed by atoms with E-state index in [1.807, 2.05) is 54.6 Å². The van der Waals surface area contributed by atoms with Crippen LogP contribution in [0.3, 0.4) is 0 Å². The van der Waals surface area contributed by atoms with Crippen molar-refractivity contribution < 1.29 is 24.7 Å². The van der Waals surface area contributed by atoms with Crippen LogP contribution in [0.2, 0.25) is 0 Å². The predicted octanol–water partition coefficient (Wildman–Crippen LogP) is 1.78. The van der Waals surface area contributed by atoms with E-state index in [0.717, 1.165) is 11.1 Å². The number of benzene rings is 2. The third-order valence-electron chi connectivity index (χ3n) is 2.61. The molecule has 0 N–H and O–H groups in total. The van der Waals surface area contributed by atoms with Gasteiger partial charge < -0.3 is 0 Å². The summed E-state index contributed by atoms with van der Waals surface area (Å²) < 4.78 is 1.26. The van der Waals surface area contributed by atoms with Gasteiger partial charge in [0.25, 0.3) is 0 Å². The zero-order chi connectivity index (χ0) is 13.1. The molecule has 0 spiro atoms. The summed E-state index contributed by atoms with van der Waals surface area (Å²) in [5.74, 6) is 1.09. The van der Waals surface area contributed by atoms with Gasteiger partial charge in [0.2, 0.25) is 0 Å². The normalized spacial score (nSPS) is 10.4. The summed E-state index contributed by atoms with van der Waals surface area (Å²) in [7, 11) is 0. The van der Waals surface area contributed by atoms with E-state index in [1.54, 1.807) is 24.7 Å². The topological polar surface area (TPSA) is 51.6 Å². The van der Waals surface area contributed by atoms with Crippen LogP contribution in [0, 0.1) is 24.7 Å². The first-order valence-corrected chi connectivity index (χ1v) is 7.18. The van der Waals surface area contributed by atoms with Crippen LogP contribution in [-0.2, 0) is 0 Å². The second-order valence-corrected chi connectivity index (χ2v) is 5.62. The molecule has 4 nitrogen and oxygen atoms in total. The van der Waals surface area contributed by atoms with Crippen LogP contribution in [-0.4, -0.2) is 20.4 Å². The van der Waals surface area contributed by atoms with Gasteiger partial charge in [0.1, 0.15) is 0 Å². The second-order valence-electron chi connectivity index (χ2n) is 3.92. The van der Waals surface area contributed by atoms with Crippen molar-refractivity contribution in [2.24, 2.45) is 0 Å². The minimum absolute atomic E-state index is 0.541. The van der Waals surface area contributed by atoms with Gasteiger partial charge in [-0.15, -0.1) is 0 Å². The number of rotatable bonds is 2. The fourth-order valence-electron chi connectivity index (χ4n) is 1.65. The molecule has 0 saturated heterocycles. The van der Waals surface area contributed by atoms with Crippen molar-refractivity contribution in [2.45, 2.75) is 0 Å². The summed E-state index contributed by atoms with van der Waals surface area (Å²) in [6.45, 7) is 0. The Bertz CT molecular complexity index is 666. The van der Waals surface area contributed by atoms with Crippen LogP contribution < -0.4 is 3.27 Å². The summed E-state index contributed by atoms with van der Waals surface area (Å²) in [4.78, 5) is 0. The zero-order valence-corrected chi connectivity index (χ0v) is 12.8. The van der Waals surface area contributed by atoms with Gasteiger partial charge in [-0.3, -0.25) is 0 Å². The molecule has 0 aliphatic heterocycles. The van der Waals surface area contributed by atoms with Gasteiger partial charge in [-0.25, -0.2) is 0 Å². The third kappa shape index (κ3) is 2.82. The van der Waals surface area contributed by atoms with Gasteiger partial charge in [-0.2, -0.15) is 0 Å². The molecule has 3 rings (SSSR count). The predicted molar refractivity (Wildman–Crippen MR) is 68.1 cm³/mol. The Balaban J connectivity index is 1.93. The molecule has 0 aliphatic carbocycles. The van der Waals surface area contributed by atoms with E-state index in [2.05, 4.69) is 20.4 Å². The molecular weight excluding hydrogens is 435 g/mol. The maximum atomic E-state index is 4.14. The summed E-state index contributed by atoms with van der Waals surface area (Å²) in [6.07, 6.45) is 0.